The Kier molecular flexibility index (Phi) is 5.69. The second-order valence-electron chi connectivity index (χ2n) is 7.21. The highest BCUT2D eigenvalue weighted by molar-refractivity contribution is 8.01. The van der Waals surface area contributed by atoms with E-state index in [9.17, 15) is 14.0 Å². The molecular formula is C22H21FN4O3S. The molecule has 0 unspecified atom stereocenters. The van der Waals surface area contributed by atoms with Crippen LogP contribution >= 0.6 is 11.8 Å². The first kappa shape index (κ1) is 20.9. The normalized spacial score (nSPS) is 18.1. The molecular weight excluding hydrogens is 419 g/mol. The van der Waals surface area contributed by atoms with Gasteiger partial charge in [0.15, 0.2) is 6.61 Å². The van der Waals surface area contributed by atoms with Gasteiger partial charge in [-0.05, 0) is 55.8 Å². The second-order valence-corrected chi connectivity index (χ2v) is 8.66. The van der Waals surface area contributed by atoms with Crippen molar-refractivity contribution in [3.63, 3.8) is 0 Å². The van der Waals surface area contributed by atoms with Gasteiger partial charge in [0.05, 0.1) is 21.9 Å². The fourth-order valence-corrected chi connectivity index (χ4v) is 4.76. The number of aromatic nitrogens is 2. The number of hydrogen-bond donors (Lipinski definition) is 2. The molecule has 1 aliphatic heterocycles. The number of primary amides is 1. The average molecular weight is 441 g/mol. The van der Waals surface area contributed by atoms with Gasteiger partial charge in [-0.1, -0.05) is 12.1 Å². The summed E-state index contributed by atoms with van der Waals surface area (Å²) in [5, 5.41) is 7.15. The van der Waals surface area contributed by atoms with Crippen LogP contribution in [0.15, 0.2) is 48.5 Å². The lowest BCUT2D eigenvalue weighted by Crippen LogP contribution is -2.22. The van der Waals surface area contributed by atoms with Gasteiger partial charge in [0.25, 0.3) is 5.91 Å². The molecule has 0 aliphatic carbocycles. The Hall–Kier alpha value is -3.33. The molecule has 2 amide bonds. The Labute approximate surface area is 182 Å². The molecule has 1 aromatic heterocycles. The summed E-state index contributed by atoms with van der Waals surface area (Å²) in [5.74, 6) is 0.0875. The quantitative estimate of drug-likeness (QED) is 0.634. The van der Waals surface area contributed by atoms with Crippen LogP contribution in [0.5, 0.6) is 5.75 Å². The predicted octanol–water partition coefficient (Wildman–Crippen LogP) is 3.35. The number of nitrogens with one attached hydrogen (secondary N) is 1. The van der Waals surface area contributed by atoms with Crippen molar-refractivity contribution in [3.8, 4) is 11.4 Å². The molecule has 0 spiro atoms. The number of hydrogen-bond acceptors (Lipinski definition) is 5. The molecule has 2 aromatic carbocycles. The van der Waals surface area contributed by atoms with Gasteiger partial charge in [-0.3, -0.25) is 9.59 Å². The summed E-state index contributed by atoms with van der Waals surface area (Å²) in [5.41, 5.74) is 8.39. The SMILES string of the molecule is Cc1nn(-c2ccc(F)cc2)c2c1[C@H](c1ccc(OCC(N)=O)cc1)S[C@H](C)C(=O)N2. The standard InChI is InChI=1S/C22H21FN4O3S/c1-12-19-20(14-3-9-17(10-4-14)30-11-18(24)28)31-13(2)22(29)25-21(19)27(26-12)16-7-5-15(23)6-8-16/h3-10,13,20H,11H2,1-2H3,(H2,24,28)(H,25,29)/t13-,20+/m1/s1. The summed E-state index contributed by atoms with van der Waals surface area (Å²) in [4.78, 5) is 23.6. The van der Waals surface area contributed by atoms with Crippen LogP contribution in [0.2, 0.25) is 0 Å². The van der Waals surface area contributed by atoms with Crippen molar-refractivity contribution in [1.82, 2.24) is 9.78 Å². The first-order chi connectivity index (χ1) is 14.8. The van der Waals surface area contributed by atoms with Crippen LogP contribution in [0.4, 0.5) is 10.2 Å². The fraction of sp³-hybridized carbons (Fsp3) is 0.227. The molecule has 31 heavy (non-hydrogen) atoms. The fourth-order valence-electron chi connectivity index (χ4n) is 3.43. The van der Waals surface area contributed by atoms with E-state index in [1.165, 1.54) is 23.9 Å². The molecule has 0 radical (unpaired) electrons. The van der Waals surface area contributed by atoms with Crippen LogP contribution in [0, 0.1) is 12.7 Å². The maximum absolute atomic E-state index is 13.4. The Balaban J connectivity index is 1.76. The van der Waals surface area contributed by atoms with Crippen LogP contribution in [0.25, 0.3) is 5.69 Å². The van der Waals surface area contributed by atoms with E-state index >= 15 is 0 Å². The second kappa shape index (κ2) is 8.43. The Morgan fingerprint density at radius 1 is 1.23 bits per heavy atom. The zero-order valence-electron chi connectivity index (χ0n) is 17.0. The number of thioether (sulfide) groups is 1. The van der Waals surface area contributed by atoms with Gasteiger partial charge in [0.2, 0.25) is 5.91 Å². The van der Waals surface area contributed by atoms with Crippen molar-refractivity contribution in [2.75, 3.05) is 11.9 Å². The molecule has 3 N–H and O–H groups in total. The number of rotatable bonds is 5. The highest BCUT2D eigenvalue weighted by Gasteiger charge is 2.34. The largest absolute Gasteiger partial charge is 0.484 e. The molecule has 3 aromatic rings. The zero-order valence-corrected chi connectivity index (χ0v) is 17.8. The number of amides is 2. The van der Waals surface area contributed by atoms with Gasteiger partial charge in [-0.2, -0.15) is 5.10 Å². The highest BCUT2D eigenvalue weighted by atomic mass is 32.2. The Morgan fingerprint density at radius 3 is 2.55 bits per heavy atom. The predicted molar refractivity (Wildman–Crippen MR) is 117 cm³/mol. The summed E-state index contributed by atoms with van der Waals surface area (Å²) >= 11 is 1.52. The summed E-state index contributed by atoms with van der Waals surface area (Å²) in [6.45, 7) is 3.55. The number of carbonyl (C=O) groups is 2. The first-order valence-corrected chi connectivity index (χ1v) is 10.6. The molecule has 0 saturated carbocycles. The number of nitrogens with zero attached hydrogens (tertiary/aromatic N) is 2. The van der Waals surface area contributed by atoms with E-state index in [1.807, 2.05) is 26.0 Å². The highest BCUT2D eigenvalue weighted by Crippen LogP contribution is 2.46. The molecule has 1 aliphatic rings. The lowest BCUT2D eigenvalue weighted by molar-refractivity contribution is -0.120. The number of anilines is 1. The summed E-state index contributed by atoms with van der Waals surface area (Å²) in [6, 6.07) is 13.3. The number of ether oxygens (including phenoxy) is 1. The topological polar surface area (TPSA) is 99.2 Å². The maximum Gasteiger partial charge on any atom is 0.255 e. The molecule has 160 valence electrons. The van der Waals surface area contributed by atoms with Gasteiger partial charge in [0, 0.05) is 5.56 Å². The number of halogens is 1. The van der Waals surface area contributed by atoms with Crippen molar-refractivity contribution in [1.29, 1.82) is 0 Å². The van der Waals surface area contributed by atoms with Crippen LogP contribution in [-0.2, 0) is 9.59 Å². The molecule has 0 saturated heterocycles. The molecule has 7 nitrogen and oxygen atoms in total. The van der Waals surface area contributed by atoms with E-state index < -0.39 is 5.91 Å². The van der Waals surface area contributed by atoms with E-state index in [0.29, 0.717) is 17.3 Å². The minimum absolute atomic E-state index is 0.126. The van der Waals surface area contributed by atoms with Crippen molar-refractivity contribution >= 4 is 29.4 Å². The average Bonchev–Trinajstić information content (AvgIpc) is 2.99. The first-order valence-electron chi connectivity index (χ1n) is 9.66. The number of benzene rings is 2. The molecule has 2 heterocycles. The van der Waals surface area contributed by atoms with Crippen LogP contribution in [0.1, 0.15) is 29.0 Å². The lowest BCUT2D eigenvalue weighted by atomic mass is 10.0. The summed E-state index contributed by atoms with van der Waals surface area (Å²) < 4.78 is 20.4. The molecule has 9 heteroatoms. The third-order valence-corrected chi connectivity index (χ3v) is 6.36. The van der Waals surface area contributed by atoms with Gasteiger partial charge in [-0.15, -0.1) is 11.8 Å². The Morgan fingerprint density at radius 2 is 1.90 bits per heavy atom. The van der Waals surface area contributed by atoms with Crippen molar-refractivity contribution in [3.05, 3.63) is 71.2 Å². The third-order valence-electron chi connectivity index (χ3n) is 4.96. The number of nitrogens with two attached hydrogens (primary N) is 1. The minimum atomic E-state index is -0.546. The van der Waals surface area contributed by atoms with Gasteiger partial charge < -0.3 is 15.8 Å². The van der Waals surface area contributed by atoms with Crippen LogP contribution < -0.4 is 15.8 Å². The van der Waals surface area contributed by atoms with Crippen LogP contribution in [-0.4, -0.2) is 33.5 Å². The van der Waals surface area contributed by atoms with Gasteiger partial charge in [0.1, 0.15) is 17.4 Å². The number of aryl methyl sites for hydroxylation is 1. The monoisotopic (exact) mass is 440 g/mol. The van der Waals surface area contributed by atoms with Crippen molar-refractivity contribution in [2.24, 2.45) is 5.73 Å². The van der Waals surface area contributed by atoms with Gasteiger partial charge in [-0.25, -0.2) is 9.07 Å². The number of fused-ring (bicyclic) bond motifs is 1. The molecule has 4 rings (SSSR count). The smallest absolute Gasteiger partial charge is 0.255 e. The molecule has 0 bridgehead atoms. The van der Waals surface area contributed by atoms with E-state index in [-0.39, 0.29) is 28.8 Å². The minimum Gasteiger partial charge on any atom is -0.484 e. The zero-order chi connectivity index (χ0) is 22.1. The van der Waals surface area contributed by atoms with Crippen molar-refractivity contribution < 1.29 is 18.7 Å². The van der Waals surface area contributed by atoms with E-state index in [0.717, 1.165) is 16.8 Å². The summed E-state index contributed by atoms with van der Waals surface area (Å²) in [7, 11) is 0. The third kappa shape index (κ3) is 4.27. The lowest BCUT2D eigenvalue weighted by Gasteiger charge is -2.18. The maximum atomic E-state index is 13.4. The number of carbonyl (C=O) groups excluding carboxylic acids is 2. The van der Waals surface area contributed by atoms with Gasteiger partial charge >= 0.3 is 0 Å². The van der Waals surface area contributed by atoms with Crippen molar-refractivity contribution in [2.45, 2.75) is 24.3 Å². The van der Waals surface area contributed by atoms with E-state index in [2.05, 4.69) is 10.4 Å². The molecule has 0 fully saturated rings. The van der Waals surface area contributed by atoms with E-state index in [1.54, 1.807) is 28.9 Å². The van der Waals surface area contributed by atoms with E-state index in [4.69, 9.17) is 10.5 Å². The summed E-state index contributed by atoms with van der Waals surface area (Å²) in [6.07, 6.45) is 0. The van der Waals surface area contributed by atoms with Crippen LogP contribution in [0.3, 0.4) is 0 Å². The molecule has 2 atom stereocenters. The Bertz CT molecular complexity index is 1130.